The van der Waals surface area contributed by atoms with Gasteiger partial charge in [-0.15, -0.1) is 16.4 Å². The molecule has 2 rings (SSSR count). The van der Waals surface area contributed by atoms with Gasteiger partial charge in [-0.25, -0.2) is 4.98 Å². The van der Waals surface area contributed by atoms with Crippen molar-refractivity contribution in [1.82, 2.24) is 15.2 Å². The fourth-order valence-electron chi connectivity index (χ4n) is 1.29. The van der Waals surface area contributed by atoms with Crippen molar-refractivity contribution in [2.75, 3.05) is 5.32 Å². The highest BCUT2D eigenvalue weighted by atomic mass is 32.1. The fourth-order valence-corrected chi connectivity index (χ4v) is 2.02. The summed E-state index contributed by atoms with van der Waals surface area (Å²) in [6.45, 7) is 4.75. The Kier molecular flexibility index (Phi) is 3.51. The molecule has 0 spiro atoms. The van der Waals surface area contributed by atoms with Gasteiger partial charge in [-0.05, 0) is 13.3 Å². The van der Waals surface area contributed by atoms with Crippen LogP contribution in [0.25, 0.3) is 0 Å². The van der Waals surface area contributed by atoms with Crippen LogP contribution in [0, 0.1) is 6.92 Å². The summed E-state index contributed by atoms with van der Waals surface area (Å²) in [6.07, 6.45) is 3.69. The minimum Gasteiger partial charge on any atom is -0.408 e. The molecule has 1 N–H and O–H groups in total. The van der Waals surface area contributed by atoms with E-state index in [4.69, 9.17) is 4.42 Å². The van der Waals surface area contributed by atoms with E-state index in [1.165, 1.54) is 0 Å². The van der Waals surface area contributed by atoms with Crippen molar-refractivity contribution in [3.63, 3.8) is 0 Å². The third kappa shape index (κ3) is 2.79. The molecule has 0 bridgehead atoms. The van der Waals surface area contributed by atoms with Crippen LogP contribution in [0.2, 0.25) is 0 Å². The number of nitrogens with one attached hydrogen (secondary N) is 1. The summed E-state index contributed by atoms with van der Waals surface area (Å²) in [6, 6.07) is 0.481. The van der Waals surface area contributed by atoms with Gasteiger partial charge in [-0.1, -0.05) is 12.0 Å². The van der Waals surface area contributed by atoms with Gasteiger partial charge in [-0.3, -0.25) is 0 Å². The van der Waals surface area contributed by atoms with Gasteiger partial charge in [0.25, 0.3) is 0 Å². The van der Waals surface area contributed by atoms with Crippen molar-refractivity contribution < 1.29 is 4.42 Å². The molecule has 0 aliphatic heterocycles. The van der Waals surface area contributed by atoms with E-state index in [0.29, 0.717) is 18.5 Å². The van der Waals surface area contributed by atoms with Gasteiger partial charge < -0.3 is 9.73 Å². The largest absolute Gasteiger partial charge is 0.408 e. The Morgan fingerprint density at radius 3 is 3.00 bits per heavy atom. The molecule has 0 radical (unpaired) electrons. The maximum Gasteiger partial charge on any atom is 0.315 e. The average Bonchev–Trinajstić information content (AvgIpc) is 2.85. The normalized spacial score (nSPS) is 10.6. The Morgan fingerprint density at radius 1 is 1.44 bits per heavy atom. The van der Waals surface area contributed by atoms with Crippen LogP contribution in [0.5, 0.6) is 0 Å². The van der Waals surface area contributed by atoms with Crippen LogP contribution in [0.4, 0.5) is 6.01 Å². The highest BCUT2D eigenvalue weighted by molar-refractivity contribution is 7.11. The van der Waals surface area contributed by atoms with Crippen LogP contribution >= 0.6 is 11.3 Å². The SMILES string of the molecule is CCCc1nnc(NCc2cnc(C)s2)o1. The van der Waals surface area contributed by atoms with Crippen LogP contribution in [0.1, 0.15) is 29.1 Å². The smallest absolute Gasteiger partial charge is 0.315 e. The maximum absolute atomic E-state index is 5.40. The summed E-state index contributed by atoms with van der Waals surface area (Å²) in [7, 11) is 0. The number of aryl methyl sites for hydroxylation is 2. The molecule has 2 aromatic rings. The van der Waals surface area contributed by atoms with Gasteiger partial charge in [-0.2, -0.15) is 0 Å². The lowest BCUT2D eigenvalue weighted by Gasteiger charge is -1.96. The van der Waals surface area contributed by atoms with Gasteiger partial charge in [0.05, 0.1) is 11.6 Å². The standard InChI is InChI=1S/C10H14N4OS/c1-3-4-9-13-14-10(15-9)12-6-8-5-11-7(2)16-8/h5H,3-4,6H2,1-2H3,(H,12,14). The predicted octanol–water partition coefficient (Wildman–Crippen LogP) is 2.40. The molecule has 0 atom stereocenters. The second-order valence-electron chi connectivity index (χ2n) is 3.45. The Balaban J connectivity index is 1.89. The second kappa shape index (κ2) is 5.07. The molecule has 0 unspecified atom stereocenters. The zero-order valence-corrected chi connectivity index (χ0v) is 10.2. The first-order valence-corrected chi connectivity index (χ1v) is 6.07. The molecule has 2 aromatic heterocycles. The molecule has 0 aliphatic carbocycles. The van der Waals surface area contributed by atoms with Crippen LogP contribution in [0.15, 0.2) is 10.6 Å². The van der Waals surface area contributed by atoms with Crippen molar-refractivity contribution in [2.45, 2.75) is 33.2 Å². The minimum absolute atomic E-state index is 0.481. The summed E-state index contributed by atoms with van der Waals surface area (Å²) in [5.74, 6) is 0.686. The van der Waals surface area contributed by atoms with Crippen molar-refractivity contribution in [1.29, 1.82) is 0 Å². The van der Waals surface area contributed by atoms with E-state index in [-0.39, 0.29) is 0 Å². The Bertz CT molecular complexity index is 451. The van der Waals surface area contributed by atoms with Gasteiger partial charge in [0.1, 0.15) is 0 Å². The van der Waals surface area contributed by atoms with E-state index in [1.807, 2.05) is 13.1 Å². The van der Waals surface area contributed by atoms with E-state index < -0.39 is 0 Å². The molecule has 0 saturated heterocycles. The lowest BCUT2D eigenvalue weighted by molar-refractivity contribution is 0.501. The third-order valence-corrected chi connectivity index (χ3v) is 2.93. The molecule has 0 fully saturated rings. The van der Waals surface area contributed by atoms with Gasteiger partial charge >= 0.3 is 6.01 Å². The molecule has 86 valence electrons. The Hall–Kier alpha value is -1.43. The molecule has 2 heterocycles. The number of anilines is 1. The lowest BCUT2D eigenvalue weighted by atomic mass is 10.3. The monoisotopic (exact) mass is 238 g/mol. The summed E-state index contributed by atoms with van der Waals surface area (Å²) in [4.78, 5) is 5.34. The number of hydrogen-bond donors (Lipinski definition) is 1. The van der Waals surface area contributed by atoms with Gasteiger partial charge in [0, 0.05) is 17.5 Å². The predicted molar refractivity (Wildman–Crippen MR) is 62.5 cm³/mol. The zero-order valence-electron chi connectivity index (χ0n) is 9.36. The quantitative estimate of drug-likeness (QED) is 0.866. The van der Waals surface area contributed by atoms with E-state index in [1.54, 1.807) is 11.3 Å². The van der Waals surface area contributed by atoms with Gasteiger partial charge in [0.15, 0.2) is 0 Å². The van der Waals surface area contributed by atoms with E-state index in [0.717, 1.165) is 22.7 Å². The van der Waals surface area contributed by atoms with E-state index in [2.05, 4.69) is 27.4 Å². The number of hydrogen-bond acceptors (Lipinski definition) is 6. The van der Waals surface area contributed by atoms with Crippen LogP contribution in [-0.4, -0.2) is 15.2 Å². The summed E-state index contributed by atoms with van der Waals surface area (Å²) in [5.41, 5.74) is 0. The molecular weight excluding hydrogens is 224 g/mol. The van der Waals surface area contributed by atoms with Crippen LogP contribution < -0.4 is 5.32 Å². The molecule has 5 nitrogen and oxygen atoms in total. The number of nitrogens with zero attached hydrogens (tertiary/aromatic N) is 3. The minimum atomic E-state index is 0.481. The van der Waals surface area contributed by atoms with Crippen molar-refractivity contribution in [2.24, 2.45) is 0 Å². The van der Waals surface area contributed by atoms with Crippen LogP contribution in [0.3, 0.4) is 0 Å². The first-order valence-electron chi connectivity index (χ1n) is 5.25. The van der Waals surface area contributed by atoms with Crippen molar-refractivity contribution >= 4 is 17.4 Å². The first-order chi connectivity index (χ1) is 7.78. The first kappa shape index (κ1) is 11.1. The molecule has 0 saturated carbocycles. The average molecular weight is 238 g/mol. The second-order valence-corrected chi connectivity index (χ2v) is 4.77. The lowest BCUT2D eigenvalue weighted by Crippen LogP contribution is -1.97. The van der Waals surface area contributed by atoms with E-state index in [9.17, 15) is 0 Å². The summed E-state index contributed by atoms with van der Waals surface area (Å²) >= 11 is 1.66. The van der Waals surface area contributed by atoms with Crippen molar-refractivity contribution in [3.05, 3.63) is 22.0 Å². The topological polar surface area (TPSA) is 63.8 Å². The molecule has 6 heteroatoms. The van der Waals surface area contributed by atoms with Crippen molar-refractivity contribution in [3.8, 4) is 0 Å². The Morgan fingerprint density at radius 2 is 2.31 bits per heavy atom. The van der Waals surface area contributed by atoms with Crippen LogP contribution in [-0.2, 0) is 13.0 Å². The summed E-state index contributed by atoms with van der Waals surface area (Å²) in [5, 5.41) is 12.0. The highest BCUT2D eigenvalue weighted by Gasteiger charge is 2.05. The maximum atomic E-state index is 5.40. The fraction of sp³-hybridized carbons (Fsp3) is 0.500. The molecule has 0 aromatic carbocycles. The van der Waals surface area contributed by atoms with Gasteiger partial charge in [0.2, 0.25) is 5.89 Å². The molecule has 0 amide bonds. The van der Waals surface area contributed by atoms with E-state index >= 15 is 0 Å². The summed E-state index contributed by atoms with van der Waals surface area (Å²) < 4.78 is 5.40. The Labute approximate surface area is 97.9 Å². The third-order valence-electron chi connectivity index (χ3n) is 2.01. The molecule has 0 aliphatic rings. The zero-order chi connectivity index (χ0) is 11.4. The number of aromatic nitrogens is 3. The highest BCUT2D eigenvalue weighted by Crippen LogP contribution is 2.14. The molecule has 16 heavy (non-hydrogen) atoms. The number of thiazole rings is 1. The number of rotatable bonds is 5. The molecular formula is C10H14N4OS.